The number of alkyl carbamates (subject to hydrolysis) is 1. The minimum absolute atomic E-state index is 0.0211. The number of halogens is 2. The van der Waals surface area contributed by atoms with E-state index in [1.807, 2.05) is 30.9 Å². The molecule has 1 aliphatic carbocycles. The Bertz CT molecular complexity index is 1590. The zero-order chi connectivity index (χ0) is 32.4. The van der Waals surface area contributed by atoms with Crippen LogP contribution in [-0.4, -0.2) is 66.4 Å². The molecule has 3 aliphatic rings. The molecule has 3 fully saturated rings. The van der Waals surface area contributed by atoms with Crippen LogP contribution in [0.25, 0.3) is 0 Å². The number of nitriles is 1. The molecule has 3 atom stereocenters. The summed E-state index contributed by atoms with van der Waals surface area (Å²) in [6, 6.07) is 13.7. The molecule has 1 amide bonds. The van der Waals surface area contributed by atoms with E-state index in [1.54, 1.807) is 25.2 Å². The highest BCUT2D eigenvalue weighted by atomic mass is 19.1. The Morgan fingerprint density at radius 2 is 1.89 bits per heavy atom. The van der Waals surface area contributed by atoms with Crippen molar-refractivity contribution < 1.29 is 18.3 Å². The Labute approximate surface area is 270 Å². The summed E-state index contributed by atoms with van der Waals surface area (Å²) < 4.78 is 37.9. The van der Waals surface area contributed by atoms with Gasteiger partial charge < -0.3 is 24.4 Å². The number of amides is 1. The van der Waals surface area contributed by atoms with Crippen LogP contribution in [0.1, 0.15) is 54.7 Å². The molecule has 46 heavy (non-hydrogen) atoms. The van der Waals surface area contributed by atoms with E-state index < -0.39 is 11.5 Å². The van der Waals surface area contributed by atoms with Gasteiger partial charge in [0, 0.05) is 56.7 Å². The summed E-state index contributed by atoms with van der Waals surface area (Å²) in [5, 5.41) is 11.7. The van der Waals surface area contributed by atoms with Gasteiger partial charge in [-0.1, -0.05) is 12.1 Å². The normalized spacial score (nSPS) is 22.2. The van der Waals surface area contributed by atoms with Crippen molar-refractivity contribution in [3.63, 3.8) is 0 Å². The zero-order valence-corrected chi connectivity index (χ0v) is 27.0. The Kier molecular flexibility index (Phi) is 9.32. The lowest BCUT2D eigenvalue weighted by Gasteiger charge is -2.51. The van der Waals surface area contributed by atoms with Crippen LogP contribution < -0.4 is 10.2 Å². The van der Waals surface area contributed by atoms with Crippen LogP contribution in [0, 0.1) is 54.6 Å². The van der Waals surface area contributed by atoms with Gasteiger partial charge in [-0.25, -0.2) is 18.6 Å². The first-order valence-electron chi connectivity index (χ1n) is 16.5. The van der Waals surface area contributed by atoms with Gasteiger partial charge in [-0.3, -0.25) is 0 Å². The highest BCUT2D eigenvalue weighted by molar-refractivity contribution is 5.67. The molecule has 244 valence electrons. The summed E-state index contributed by atoms with van der Waals surface area (Å²) in [6.07, 6.45) is 5.89. The lowest BCUT2D eigenvalue weighted by atomic mass is 9.58. The summed E-state index contributed by atoms with van der Waals surface area (Å²) in [4.78, 5) is 21.8. The van der Waals surface area contributed by atoms with Crippen LogP contribution in [0.3, 0.4) is 0 Å². The molecule has 2 aromatic carbocycles. The predicted octanol–water partition coefficient (Wildman–Crippen LogP) is 5.96. The second-order valence-electron chi connectivity index (χ2n) is 13.5. The van der Waals surface area contributed by atoms with E-state index in [9.17, 15) is 9.18 Å². The fraction of sp³-hybridized carbons (Fsp3) is 0.528. The van der Waals surface area contributed by atoms with Crippen LogP contribution in [0.5, 0.6) is 0 Å². The average Bonchev–Trinajstić information content (AvgIpc) is 3.62. The van der Waals surface area contributed by atoms with Crippen molar-refractivity contribution in [2.75, 3.05) is 44.7 Å². The van der Waals surface area contributed by atoms with Crippen LogP contribution in [0.15, 0.2) is 48.7 Å². The number of carbonyl (C=O) groups excluding carboxylic acids is 1. The number of carbonyl (C=O) groups is 1. The van der Waals surface area contributed by atoms with E-state index in [1.165, 1.54) is 12.1 Å². The van der Waals surface area contributed by atoms with Gasteiger partial charge in [-0.2, -0.15) is 5.26 Å². The van der Waals surface area contributed by atoms with Crippen molar-refractivity contribution in [2.45, 2.75) is 64.0 Å². The number of hydrogen-bond donors (Lipinski definition) is 1. The minimum atomic E-state index is -0.471. The topological polar surface area (TPSA) is 86.4 Å². The van der Waals surface area contributed by atoms with Gasteiger partial charge in [0.15, 0.2) is 0 Å². The van der Waals surface area contributed by atoms with Crippen molar-refractivity contribution in [3.8, 4) is 6.07 Å². The summed E-state index contributed by atoms with van der Waals surface area (Å²) >= 11 is 0. The maximum absolute atomic E-state index is 15.0. The highest BCUT2D eigenvalue weighted by Crippen LogP contribution is 2.52. The first-order valence-corrected chi connectivity index (χ1v) is 16.5. The second kappa shape index (κ2) is 13.4. The van der Waals surface area contributed by atoms with E-state index in [0.29, 0.717) is 23.7 Å². The third-order valence-electron chi connectivity index (χ3n) is 10.7. The number of benzene rings is 2. The molecule has 6 rings (SSSR count). The molecule has 0 bridgehead atoms. The monoisotopic (exact) mass is 630 g/mol. The number of anilines is 1. The van der Waals surface area contributed by atoms with Gasteiger partial charge in [-0.15, -0.1) is 0 Å². The van der Waals surface area contributed by atoms with E-state index >= 15 is 4.39 Å². The molecule has 2 saturated heterocycles. The molecular formula is C36H44F2N6O2. The lowest BCUT2D eigenvalue weighted by Crippen LogP contribution is -2.55. The number of ether oxygens (including phenoxy) is 1. The molecule has 8 nitrogen and oxygen atoms in total. The van der Waals surface area contributed by atoms with Crippen molar-refractivity contribution in [1.29, 1.82) is 5.26 Å². The number of likely N-dealkylation sites (tertiary alicyclic amines) is 1. The average molecular weight is 631 g/mol. The summed E-state index contributed by atoms with van der Waals surface area (Å²) in [6.45, 7) is 9.00. The minimum Gasteiger partial charge on any atom is -0.446 e. The molecule has 1 saturated carbocycles. The smallest absolute Gasteiger partial charge is 0.407 e. The molecule has 0 spiro atoms. The molecule has 2 aliphatic heterocycles. The Balaban J connectivity index is 1.24. The van der Waals surface area contributed by atoms with E-state index in [2.05, 4.69) is 27.0 Å². The van der Waals surface area contributed by atoms with Gasteiger partial charge in [0.25, 0.3) is 0 Å². The molecular weight excluding hydrogens is 586 g/mol. The molecule has 1 N–H and O–H groups in total. The zero-order valence-electron chi connectivity index (χ0n) is 27.0. The predicted molar refractivity (Wildman–Crippen MR) is 172 cm³/mol. The van der Waals surface area contributed by atoms with Crippen LogP contribution in [-0.2, 0) is 16.7 Å². The summed E-state index contributed by atoms with van der Waals surface area (Å²) in [5.41, 5.74) is 2.33. The maximum atomic E-state index is 15.0. The Morgan fingerprint density at radius 1 is 1.11 bits per heavy atom. The standard InChI is InChI=1S/C36H44F2N6O2/c1-24-19-44(25(2)41-24)23-36(29-6-4-7-30(37)17-29,31-8-5-9-34(31)46-35(45)40-3)28-12-14-42(15-13-28)20-27-21-43(22-27)33-11-10-26(18-39)16-32(33)38/h4,6-7,10-11,16-17,19,27-28,31,34H,5,8-9,12-15,20-23H2,1-3H3,(H,40,45). The third-order valence-corrected chi connectivity index (χ3v) is 10.7. The number of aromatic nitrogens is 2. The van der Waals surface area contributed by atoms with Gasteiger partial charge in [0.1, 0.15) is 23.6 Å². The second-order valence-corrected chi connectivity index (χ2v) is 13.5. The number of nitrogens with one attached hydrogen (secondary N) is 1. The molecule has 3 heterocycles. The summed E-state index contributed by atoms with van der Waals surface area (Å²) in [5.74, 6) is 1.01. The fourth-order valence-electron chi connectivity index (χ4n) is 8.54. The SMILES string of the molecule is CNC(=O)OC1CCCC1C(Cn1cc(C)nc1C)(c1cccc(F)c1)C1CCN(CC2CN(c3ccc(C#N)cc3F)C2)CC1. The Hall–Kier alpha value is -3.97. The maximum Gasteiger partial charge on any atom is 0.407 e. The number of nitrogens with zero attached hydrogens (tertiary/aromatic N) is 5. The molecule has 1 aromatic heterocycles. The van der Waals surface area contributed by atoms with Gasteiger partial charge in [0.05, 0.1) is 23.0 Å². The highest BCUT2D eigenvalue weighted by Gasteiger charge is 2.53. The molecule has 3 unspecified atom stereocenters. The van der Waals surface area contributed by atoms with Gasteiger partial charge >= 0.3 is 6.09 Å². The molecule has 10 heteroatoms. The van der Waals surface area contributed by atoms with E-state index in [-0.39, 0.29) is 29.6 Å². The van der Waals surface area contributed by atoms with Crippen LogP contribution >= 0.6 is 0 Å². The van der Waals surface area contributed by atoms with Crippen molar-refractivity contribution in [1.82, 2.24) is 19.8 Å². The third kappa shape index (κ3) is 6.35. The summed E-state index contributed by atoms with van der Waals surface area (Å²) in [7, 11) is 1.58. The molecule has 0 radical (unpaired) electrons. The Morgan fingerprint density at radius 3 is 2.54 bits per heavy atom. The number of aryl methyl sites for hydroxylation is 2. The number of imidazole rings is 1. The van der Waals surface area contributed by atoms with Crippen LogP contribution in [0.4, 0.5) is 19.3 Å². The van der Waals surface area contributed by atoms with Crippen molar-refractivity contribution in [2.24, 2.45) is 17.8 Å². The van der Waals surface area contributed by atoms with Gasteiger partial charge in [0.2, 0.25) is 0 Å². The van der Waals surface area contributed by atoms with Crippen molar-refractivity contribution in [3.05, 3.63) is 82.9 Å². The van der Waals surface area contributed by atoms with Gasteiger partial charge in [-0.05, 0) is 101 Å². The first kappa shape index (κ1) is 32.0. The number of piperidine rings is 1. The lowest BCUT2D eigenvalue weighted by molar-refractivity contribution is 0.00167. The first-order chi connectivity index (χ1) is 22.2. The molecule has 3 aromatic rings. The quantitative estimate of drug-likeness (QED) is 0.314. The fourth-order valence-corrected chi connectivity index (χ4v) is 8.54. The van der Waals surface area contributed by atoms with Crippen molar-refractivity contribution >= 4 is 11.8 Å². The largest absolute Gasteiger partial charge is 0.446 e. The number of rotatable bonds is 9. The van der Waals surface area contributed by atoms with E-state index in [0.717, 1.165) is 81.9 Å². The number of hydrogen-bond acceptors (Lipinski definition) is 6. The van der Waals surface area contributed by atoms with E-state index in [4.69, 9.17) is 15.0 Å². The van der Waals surface area contributed by atoms with Crippen LogP contribution in [0.2, 0.25) is 0 Å².